The van der Waals surface area contributed by atoms with Crippen LogP contribution in [0.15, 0.2) is 36.4 Å². The lowest BCUT2D eigenvalue weighted by atomic mass is 10.1. The van der Waals surface area contributed by atoms with Crippen LogP contribution in [-0.2, 0) is 14.3 Å². The molecule has 2 aromatic carbocycles. The molecule has 0 aromatic heterocycles. The van der Waals surface area contributed by atoms with Gasteiger partial charge < -0.3 is 19.9 Å². The van der Waals surface area contributed by atoms with E-state index in [1.165, 1.54) is 12.1 Å². The number of carbonyl (C=O) groups is 2. The highest BCUT2D eigenvalue weighted by atomic mass is 19.1. The van der Waals surface area contributed by atoms with E-state index in [0.717, 1.165) is 11.0 Å². The highest BCUT2D eigenvalue weighted by molar-refractivity contribution is 6.03. The number of hydrogen-bond donors (Lipinski definition) is 1. The molecule has 0 saturated carbocycles. The van der Waals surface area contributed by atoms with Crippen LogP contribution >= 0.6 is 0 Å². The SMILES string of the molecule is O=C(Nc1ccc(N2CCOCC2)c(F)c1)C1CC(=O)N(c2ccc(F)cc2F)C1. The normalized spacial score (nSPS) is 19.3. The molecule has 2 aliphatic heterocycles. The molecule has 30 heavy (non-hydrogen) atoms. The summed E-state index contributed by atoms with van der Waals surface area (Å²) < 4.78 is 46.9. The molecule has 2 amide bonds. The number of carbonyl (C=O) groups excluding carboxylic acids is 2. The Morgan fingerprint density at radius 2 is 1.70 bits per heavy atom. The molecule has 0 radical (unpaired) electrons. The minimum absolute atomic E-state index is 0.0401. The van der Waals surface area contributed by atoms with Gasteiger partial charge in [-0.05, 0) is 30.3 Å². The Kier molecular flexibility index (Phi) is 5.63. The van der Waals surface area contributed by atoms with Gasteiger partial charge in [0.1, 0.15) is 17.5 Å². The van der Waals surface area contributed by atoms with E-state index in [2.05, 4.69) is 5.32 Å². The van der Waals surface area contributed by atoms with Crippen molar-refractivity contribution in [3.8, 4) is 0 Å². The first-order valence-electron chi connectivity index (χ1n) is 9.61. The molecule has 0 spiro atoms. The first-order valence-corrected chi connectivity index (χ1v) is 9.61. The summed E-state index contributed by atoms with van der Waals surface area (Å²) in [6, 6.07) is 7.34. The Morgan fingerprint density at radius 3 is 2.40 bits per heavy atom. The van der Waals surface area contributed by atoms with Crippen LogP contribution in [0.3, 0.4) is 0 Å². The fraction of sp³-hybridized carbons (Fsp3) is 0.333. The van der Waals surface area contributed by atoms with E-state index in [0.29, 0.717) is 38.1 Å². The minimum Gasteiger partial charge on any atom is -0.378 e. The quantitative estimate of drug-likeness (QED) is 0.828. The maximum Gasteiger partial charge on any atom is 0.229 e. The van der Waals surface area contributed by atoms with E-state index in [-0.39, 0.29) is 24.3 Å². The van der Waals surface area contributed by atoms with Gasteiger partial charge >= 0.3 is 0 Å². The Balaban J connectivity index is 1.43. The van der Waals surface area contributed by atoms with Crippen molar-refractivity contribution in [1.29, 1.82) is 0 Å². The molecule has 2 fully saturated rings. The standard InChI is InChI=1S/C21H20F3N3O3/c22-14-1-3-19(16(23)10-14)27-12-13(9-20(27)28)21(29)25-15-2-4-18(17(24)11-15)26-5-7-30-8-6-26/h1-4,10-11,13H,5-9,12H2,(H,25,29). The maximum absolute atomic E-state index is 14.5. The number of nitrogens with zero attached hydrogens (tertiary/aromatic N) is 2. The monoisotopic (exact) mass is 419 g/mol. The van der Waals surface area contributed by atoms with Gasteiger partial charge in [0.05, 0.1) is 30.5 Å². The maximum atomic E-state index is 14.5. The van der Waals surface area contributed by atoms with Gasteiger partial charge in [-0.3, -0.25) is 9.59 Å². The van der Waals surface area contributed by atoms with Crippen molar-refractivity contribution in [3.05, 3.63) is 53.8 Å². The number of anilines is 3. The van der Waals surface area contributed by atoms with E-state index in [4.69, 9.17) is 4.74 Å². The zero-order chi connectivity index (χ0) is 21.3. The second kappa shape index (κ2) is 8.35. The van der Waals surface area contributed by atoms with Crippen LogP contribution in [-0.4, -0.2) is 44.7 Å². The summed E-state index contributed by atoms with van der Waals surface area (Å²) >= 11 is 0. The van der Waals surface area contributed by atoms with E-state index < -0.39 is 35.2 Å². The molecule has 9 heteroatoms. The van der Waals surface area contributed by atoms with Crippen LogP contribution in [0.25, 0.3) is 0 Å². The van der Waals surface area contributed by atoms with Gasteiger partial charge in [0.15, 0.2) is 0 Å². The zero-order valence-corrected chi connectivity index (χ0v) is 16.0. The number of morpholine rings is 1. The van der Waals surface area contributed by atoms with Crippen LogP contribution in [0.4, 0.5) is 30.2 Å². The van der Waals surface area contributed by atoms with Crippen molar-refractivity contribution in [1.82, 2.24) is 0 Å². The molecule has 6 nitrogen and oxygen atoms in total. The van der Waals surface area contributed by atoms with Gasteiger partial charge in [-0.25, -0.2) is 13.2 Å². The Labute approximate surface area is 171 Å². The first-order chi connectivity index (χ1) is 14.4. The Bertz CT molecular complexity index is 979. The average Bonchev–Trinajstić information content (AvgIpc) is 3.10. The highest BCUT2D eigenvalue weighted by Gasteiger charge is 2.36. The van der Waals surface area contributed by atoms with E-state index >= 15 is 0 Å². The third-order valence-corrected chi connectivity index (χ3v) is 5.26. The molecule has 2 aromatic rings. The summed E-state index contributed by atoms with van der Waals surface area (Å²) in [6.07, 6.45) is -0.114. The second-order valence-corrected chi connectivity index (χ2v) is 7.26. The number of amides is 2. The second-order valence-electron chi connectivity index (χ2n) is 7.26. The van der Waals surface area contributed by atoms with Gasteiger partial charge in [-0.15, -0.1) is 0 Å². The number of halogens is 3. The summed E-state index contributed by atoms with van der Waals surface area (Å²) in [6.45, 7) is 2.18. The fourth-order valence-corrected chi connectivity index (χ4v) is 3.71. The van der Waals surface area contributed by atoms with Crippen LogP contribution < -0.4 is 15.1 Å². The molecule has 0 aliphatic carbocycles. The van der Waals surface area contributed by atoms with Gasteiger partial charge in [0.2, 0.25) is 11.8 Å². The molecule has 2 aliphatic rings. The predicted molar refractivity (Wildman–Crippen MR) is 105 cm³/mol. The Morgan fingerprint density at radius 1 is 1.00 bits per heavy atom. The summed E-state index contributed by atoms with van der Waals surface area (Å²) in [7, 11) is 0. The molecule has 1 unspecified atom stereocenters. The van der Waals surface area contributed by atoms with E-state index in [9.17, 15) is 22.8 Å². The number of nitrogens with one attached hydrogen (secondary N) is 1. The lowest BCUT2D eigenvalue weighted by Crippen LogP contribution is -2.36. The van der Waals surface area contributed by atoms with Gasteiger partial charge in [0.25, 0.3) is 0 Å². The molecule has 0 bridgehead atoms. The number of rotatable bonds is 4. The van der Waals surface area contributed by atoms with Gasteiger partial charge in [-0.1, -0.05) is 0 Å². The van der Waals surface area contributed by atoms with E-state index in [1.807, 2.05) is 4.90 Å². The molecule has 1 atom stereocenters. The number of hydrogen-bond acceptors (Lipinski definition) is 4. The number of benzene rings is 2. The van der Waals surface area contributed by atoms with E-state index in [1.54, 1.807) is 12.1 Å². The minimum atomic E-state index is -0.870. The van der Waals surface area contributed by atoms with Crippen LogP contribution in [0, 0.1) is 23.4 Å². The average molecular weight is 419 g/mol. The fourth-order valence-electron chi connectivity index (χ4n) is 3.71. The largest absolute Gasteiger partial charge is 0.378 e. The summed E-state index contributed by atoms with van der Waals surface area (Å²) in [4.78, 5) is 27.8. The molecule has 2 heterocycles. The van der Waals surface area contributed by atoms with Crippen molar-refractivity contribution in [2.45, 2.75) is 6.42 Å². The van der Waals surface area contributed by atoms with Crippen molar-refractivity contribution in [2.24, 2.45) is 5.92 Å². The number of ether oxygens (including phenoxy) is 1. The lowest BCUT2D eigenvalue weighted by molar-refractivity contribution is -0.122. The topological polar surface area (TPSA) is 61.9 Å². The van der Waals surface area contributed by atoms with Crippen molar-refractivity contribution in [2.75, 3.05) is 48.0 Å². The van der Waals surface area contributed by atoms with Crippen molar-refractivity contribution >= 4 is 28.9 Å². The van der Waals surface area contributed by atoms with Gasteiger partial charge in [-0.2, -0.15) is 0 Å². The van der Waals surface area contributed by atoms with Crippen LogP contribution in [0.2, 0.25) is 0 Å². The summed E-state index contributed by atoms with van der Waals surface area (Å²) in [5, 5.41) is 2.62. The zero-order valence-electron chi connectivity index (χ0n) is 16.0. The smallest absolute Gasteiger partial charge is 0.229 e. The molecule has 4 rings (SSSR count). The molecular formula is C21H20F3N3O3. The summed E-state index contributed by atoms with van der Waals surface area (Å²) in [5.74, 6) is -3.72. The van der Waals surface area contributed by atoms with Crippen molar-refractivity contribution in [3.63, 3.8) is 0 Å². The highest BCUT2D eigenvalue weighted by Crippen LogP contribution is 2.29. The molecular weight excluding hydrogens is 399 g/mol. The molecule has 2 saturated heterocycles. The molecule has 158 valence electrons. The van der Waals surface area contributed by atoms with Crippen LogP contribution in [0.1, 0.15) is 6.42 Å². The first kappa shape index (κ1) is 20.2. The van der Waals surface area contributed by atoms with Gasteiger partial charge in [0, 0.05) is 37.8 Å². The third-order valence-electron chi connectivity index (χ3n) is 5.26. The third kappa shape index (κ3) is 4.11. The lowest BCUT2D eigenvalue weighted by Gasteiger charge is -2.29. The summed E-state index contributed by atoms with van der Waals surface area (Å²) in [5.41, 5.74) is 0.635. The molecule has 1 N–H and O–H groups in total. The van der Waals surface area contributed by atoms with Crippen molar-refractivity contribution < 1.29 is 27.5 Å². The predicted octanol–water partition coefficient (Wildman–Crippen LogP) is 2.93. The Hall–Kier alpha value is -3.07. The van der Waals surface area contributed by atoms with Crippen LogP contribution in [0.5, 0.6) is 0 Å².